The Morgan fingerprint density at radius 1 is 1.10 bits per heavy atom. The van der Waals surface area contributed by atoms with Gasteiger partial charge in [-0.05, 0) is 31.2 Å². The third kappa shape index (κ3) is 2.69. The van der Waals surface area contributed by atoms with Crippen LogP contribution in [0.25, 0.3) is 10.9 Å². The minimum atomic E-state index is -0.191. The first-order chi connectivity index (χ1) is 10.1. The summed E-state index contributed by atoms with van der Waals surface area (Å²) in [5, 5.41) is 3.67. The Hall–Kier alpha value is -2.88. The number of pyridine rings is 1. The second kappa shape index (κ2) is 5.25. The van der Waals surface area contributed by atoms with E-state index in [4.69, 9.17) is 5.73 Å². The van der Waals surface area contributed by atoms with Crippen molar-refractivity contribution in [3.8, 4) is 0 Å². The number of nitrogens with one attached hydrogen (secondary N) is 1. The van der Waals surface area contributed by atoms with Gasteiger partial charge in [0.25, 0.3) is 5.91 Å². The Balaban J connectivity index is 1.99. The number of anilines is 2. The summed E-state index contributed by atoms with van der Waals surface area (Å²) in [6, 6.07) is 16.7. The number of carbonyl (C=O) groups is 1. The van der Waals surface area contributed by atoms with Crippen molar-refractivity contribution in [2.45, 2.75) is 6.92 Å². The molecule has 1 heterocycles. The van der Waals surface area contributed by atoms with E-state index in [9.17, 15) is 4.79 Å². The van der Waals surface area contributed by atoms with Crippen LogP contribution in [0.15, 0.2) is 54.6 Å². The van der Waals surface area contributed by atoms with E-state index in [1.54, 1.807) is 6.07 Å². The van der Waals surface area contributed by atoms with Gasteiger partial charge in [-0.3, -0.25) is 4.79 Å². The van der Waals surface area contributed by atoms with Crippen LogP contribution in [0.3, 0.4) is 0 Å². The highest BCUT2D eigenvalue weighted by Crippen LogP contribution is 2.21. The highest BCUT2D eigenvalue weighted by atomic mass is 16.1. The van der Waals surface area contributed by atoms with Crippen LogP contribution in [0.4, 0.5) is 11.5 Å². The number of nitrogen functional groups attached to an aromatic ring is 1. The Labute approximate surface area is 122 Å². The zero-order chi connectivity index (χ0) is 14.8. The lowest BCUT2D eigenvalue weighted by Gasteiger charge is -2.09. The third-order valence-corrected chi connectivity index (χ3v) is 3.29. The summed E-state index contributed by atoms with van der Waals surface area (Å²) in [5.74, 6) is 0.145. The van der Waals surface area contributed by atoms with E-state index in [0.29, 0.717) is 16.9 Å². The number of nitrogens with zero attached hydrogens (tertiary/aromatic N) is 1. The summed E-state index contributed by atoms with van der Waals surface area (Å²) in [7, 11) is 0. The van der Waals surface area contributed by atoms with Crippen LogP contribution in [0.5, 0.6) is 0 Å². The van der Waals surface area contributed by atoms with Crippen molar-refractivity contribution >= 4 is 28.3 Å². The summed E-state index contributed by atoms with van der Waals surface area (Å²) in [6.07, 6.45) is 0. The Morgan fingerprint density at radius 2 is 1.81 bits per heavy atom. The lowest BCUT2D eigenvalue weighted by Crippen LogP contribution is -2.13. The van der Waals surface area contributed by atoms with Gasteiger partial charge in [0.05, 0.1) is 11.1 Å². The number of amides is 1. The van der Waals surface area contributed by atoms with Crippen LogP contribution in [-0.2, 0) is 0 Å². The van der Waals surface area contributed by atoms with Crippen molar-refractivity contribution in [3.63, 3.8) is 0 Å². The highest BCUT2D eigenvalue weighted by molar-refractivity contribution is 6.12. The first-order valence-electron chi connectivity index (χ1n) is 6.67. The van der Waals surface area contributed by atoms with Crippen molar-refractivity contribution in [1.82, 2.24) is 4.98 Å². The van der Waals surface area contributed by atoms with E-state index in [1.807, 2.05) is 55.5 Å². The van der Waals surface area contributed by atoms with Gasteiger partial charge in [0.1, 0.15) is 5.82 Å². The third-order valence-electron chi connectivity index (χ3n) is 3.29. The van der Waals surface area contributed by atoms with Gasteiger partial charge in [-0.1, -0.05) is 35.9 Å². The van der Waals surface area contributed by atoms with Crippen molar-refractivity contribution < 1.29 is 4.79 Å². The standard InChI is InChI=1S/C17H15N3O/c1-11-6-8-12(9-7-11)19-17(21)14-10-16(18)20-15-5-3-2-4-13(14)15/h2-10H,1H3,(H2,18,20)(H,19,21). The average Bonchev–Trinajstić information content (AvgIpc) is 2.48. The molecule has 0 aliphatic rings. The molecule has 1 amide bonds. The Bertz CT molecular complexity index is 810. The molecule has 0 aliphatic heterocycles. The molecule has 3 aromatic rings. The van der Waals surface area contributed by atoms with Crippen molar-refractivity contribution in [2.75, 3.05) is 11.1 Å². The predicted molar refractivity (Wildman–Crippen MR) is 85.3 cm³/mol. The maximum absolute atomic E-state index is 12.5. The number of carbonyl (C=O) groups excluding carboxylic acids is 1. The second-order valence-electron chi connectivity index (χ2n) is 4.93. The number of hydrogen-bond acceptors (Lipinski definition) is 3. The highest BCUT2D eigenvalue weighted by Gasteiger charge is 2.12. The van der Waals surface area contributed by atoms with E-state index < -0.39 is 0 Å². The lowest BCUT2D eigenvalue weighted by molar-refractivity contribution is 0.102. The van der Waals surface area contributed by atoms with Gasteiger partial charge in [0.2, 0.25) is 0 Å². The summed E-state index contributed by atoms with van der Waals surface area (Å²) in [5.41, 5.74) is 8.93. The molecule has 0 saturated heterocycles. The van der Waals surface area contributed by atoms with Crippen molar-refractivity contribution in [2.24, 2.45) is 0 Å². The molecule has 0 spiro atoms. The predicted octanol–water partition coefficient (Wildman–Crippen LogP) is 3.38. The number of para-hydroxylation sites is 1. The van der Waals surface area contributed by atoms with Crippen LogP contribution in [-0.4, -0.2) is 10.9 Å². The first kappa shape index (κ1) is 13.1. The van der Waals surface area contributed by atoms with Gasteiger partial charge in [-0.2, -0.15) is 0 Å². The smallest absolute Gasteiger partial charge is 0.256 e. The molecule has 1 aromatic heterocycles. The van der Waals surface area contributed by atoms with Gasteiger partial charge in [0, 0.05) is 11.1 Å². The van der Waals surface area contributed by atoms with Gasteiger partial charge in [-0.15, -0.1) is 0 Å². The van der Waals surface area contributed by atoms with Crippen LogP contribution >= 0.6 is 0 Å². The van der Waals surface area contributed by atoms with Crippen molar-refractivity contribution in [3.05, 3.63) is 65.7 Å². The number of fused-ring (bicyclic) bond motifs is 1. The van der Waals surface area contributed by atoms with E-state index in [1.165, 1.54) is 0 Å². The normalized spacial score (nSPS) is 10.5. The SMILES string of the molecule is Cc1ccc(NC(=O)c2cc(N)nc3ccccc23)cc1. The monoisotopic (exact) mass is 277 g/mol. The second-order valence-corrected chi connectivity index (χ2v) is 4.93. The van der Waals surface area contributed by atoms with E-state index >= 15 is 0 Å². The van der Waals surface area contributed by atoms with Crippen LogP contribution in [0, 0.1) is 6.92 Å². The first-order valence-corrected chi connectivity index (χ1v) is 6.67. The topological polar surface area (TPSA) is 68.0 Å². The largest absolute Gasteiger partial charge is 0.384 e. The van der Waals surface area contributed by atoms with Crippen LogP contribution in [0.1, 0.15) is 15.9 Å². The number of nitrogens with two attached hydrogens (primary N) is 1. The fraction of sp³-hybridized carbons (Fsp3) is 0.0588. The van der Waals surface area contributed by atoms with E-state index in [2.05, 4.69) is 10.3 Å². The van der Waals surface area contributed by atoms with E-state index in [-0.39, 0.29) is 5.91 Å². The minimum absolute atomic E-state index is 0.191. The number of aryl methyl sites for hydroxylation is 1. The van der Waals surface area contributed by atoms with E-state index in [0.717, 1.165) is 16.6 Å². The fourth-order valence-electron chi connectivity index (χ4n) is 2.22. The molecular weight excluding hydrogens is 262 g/mol. The number of hydrogen-bond donors (Lipinski definition) is 2. The molecule has 2 aromatic carbocycles. The van der Waals surface area contributed by atoms with Gasteiger partial charge < -0.3 is 11.1 Å². The molecule has 0 atom stereocenters. The van der Waals surface area contributed by atoms with Gasteiger partial charge in [-0.25, -0.2) is 4.98 Å². The summed E-state index contributed by atoms with van der Waals surface area (Å²) >= 11 is 0. The zero-order valence-corrected chi connectivity index (χ0v) is 11.6. The molecule has 4 nitrogen and oxygen atoms in total. The summed E-state index contributed by atoms with van der Waals surface area (Å²) < 4.78 is 0. The summed E-state index contributed by atoms with van der Waals surface area (Å²) in [6.45, 7) is 2.00. The van der Waals surface area contributed by atoms with Gasteiger partial charge >= 0.3 is 0 Å². The molecule has 21 heavy (non-hydrogen) atoms. The minimum Gasteiger partial charge on any atom is -0.384 e. The molecule has 0 bridgehead atoms. The quantitative estimate of drug-likeness (QED) is 0.754. The maximum atomic E-state index is 12.5. The molecular formula is C17H15N3O. The zero-order valence-electron chi connectivity index (χ0n) is 11.6. The molecule has 0 saturated carbocycles. The number of aromatic nitrogens is 1. The lowest BCUT2D eigenvalue weighted by atomic mass is 10.1. The number of benzene rings is 2. The van der Waals surface area contributed by atoms with Crippen LogP contribution < -0.4 is 11.1 Å². The summed E-state index contributed by atoms with van der Waals surface area (Å²) in [4.78, 5) is 16.7. The molecule has 0 radical (unpaired) electrons. The average molecular weight is 277 g/mol. The van der Waals surface area contributed by atoms with Gasteiger partial charge in [0.15, 0.2) is 0 Å². The maximum Gasteiger partial charge on any atom is 0.256 e. The molecule has 0 fully saturated rings. The number of rotatable bonds is 2. The van der Waals surface area contributed by atoms with Crippen LogP contribution in [0.2, 0.25) is 0 Å². The molecule has 4 heteroatoms. The molecule has 0 aliphatic carbocycles. The molecule has 104 valence electrons. The Kier molecular flexibility index (Phi) is 3.28. The molecule has 3 N–H and O–H groups in total. The fourth-order valence-corrected chi connectivity index (χ4v) is 2.22. The Morgan fingerprint density at radius 3 is 2.57 bits per heavy atom. The molecule has 3 rings (SSSR count). The van der Waals surface area contributed by atoms with Crippen molar-refractivity contribution in [1.29, 1.82) is 0 Å². The molecule has 0 unspecified atom stereocenters.